The van der Waals surface area contributed by atoms with Crippen molar-refractivity contribution in [2.75, 3.05) is 5.32 Å². The lowest BCUT2D eigenvalue weighted by molar-refractivity contribution is 1.37. The summed E-state index contributed by atoms with van der Waals surface area (Å²) in [6.45, 7) is 0. The first-order valence-corrected chi connectivity index (χ1v) is 7.24. The Morgan fingerprint density at radius 1 is 1.16 bits per heavy atom. The molecule has 1 heterocycles. The summed E-state index contributed by atoms with van der Waals surface area (Å²) in [4.78, 5) is 11.3. The second-order valence-corrected chi connectivity index (χ2v) is 5.93. The Balaban J connectivity index is 2.43. The van der Waals surface area contributed by atoms with Crippen LogP contribution in [-0.4, -0.2) is 4.37 Å². The highest BCUT2D eigenvalue weighted by atomic mass is 79.9. The van der Waals surface area contributed by atoms with E-state index in [-0.39, 0.29) is 5.56 Å². The zero-order valence-electron chi connectivity index (χ0n) is 9.12. The van der Waals surface area contributed by atoms with Gasteiger partial charge in [0, 0.05) is 14.6 Å². The average molecular weight is 400 g/mol. The molecule has 0 amide bonds. The Hall–Kier alpha value is -1.61. The van der Waals surface area contributed by atoms with E-state index in [0.717, 1.165) is 11.5 Å². The van der Waals surface area contributed by atoms with Gasteiger partial charge in [0.1, 0.15) is 17.1 Å². The first-order valence-electron chi connectivity index (χ1n) is 4.84. The molecule has 0 radical (unpaired) electrons. The van der Waals surface area contributed by atoms with Gasteiger partial charge in [-0.2, -0.15) is 10.5 Å². The van der Waals surface area contributed by atoms with Crippen molar-refractivity contribution < 1.29 is 0 Å². The molecule has 0 unspecified atom stereocenters. The zero-order valence-corrected chi connectivity index (χ0v) is 13.1. The predicted octanol–water partition coefficient (Wildman–Crippen LogP) is 3.45. The summed E-state index contributed by atoms with van der Waals surface area (Å²) >= 11 is 7.63. The molecular formula is C11H4Br2N4OS. The van der Waals surface area contributed by atoms with Gasteiger partial charge in [0.2, 0.25) is 0 Å². The lowest BCUT2D eigenvalue weighted by atomic mass is 10.2. The Kier molecular flexibility index (Phi) is 4.05. The number of halogens is 2. The molecule has 0 aliphatic heterocycles. The van der Waals surface area contributed by atoms with Crippen LogP contribution in [0.5, 0.6) is 0 Å². The highest BCUT2D eigenvalue weighted by Gasteiger charge is 2.12. The molecule has 0 aliphatic carbocycles. The van der Waals surface area contributed by atoms with E-state index in [0.29, 0.717) is 25.2 Å². The van der Waals surface area contributed by atoms with Gasteiger partial charge in [-0.25, -0.2) is 0 Å². The standard InChI is InChI=1S/C11H4Br2N4OS/c12-8-1-5(2-9(13)6(8)3-14)16-11-7(4-15)10(18)17-19-11/h1-2,16H,(H,17,18). The van der Waals surface area contributed by atoms with Crippen molar-refractivity contribution in [3.05, 3.63) is 42.6 Å². The maximum absolute atomic E-state index is 11.3. The van der Waals surface area contributed by atoms with Gasteiger partial charge < -0.3 is 5.32 Å². The number of rotatable bonds is 2. The van der Waals surface area contributed by atoms with Gasteiger partial charge in [-0.15, -0.1) is 0 Å². The molecule has 94 valence electrons. The summed E-state index contributed by atoms with van der Waals surface area (Å²) < 4.78 is 3.72. The van der Waals surface area contributed by atoms with Gasteiger partial charge >= 0.3 is 0 Å². The molecule has 8 heteroatoms. The number of anilines is 2. The van der Waals surface area contributed by atoms with Crippen LogP contribution < -0.4 is 10.9 Å². The SMILES string of the molecule is N#Cc1c(Br)cc(Nc2s[nH]c(=O)c2C#N)cc1Br. The number of nitrogens with one attached hydrogen (secondary N) is 2. The highest BCUT2D eigenvalue weighted by Crippen LogP contribution is 2.31. The minimum absolute atomic E-state index is 0.0432. The van der Waals surface area contributed by atoms with Crippen LogP contribution >= 0.6 is 43.4 Å². The molecule has 0 spiro atoms. The second kappa shape index (κ2) is 5.57. The summed E-state index contributed by atoms with van der Waals surface area (Å²) in [5.41, 5.74) is 0.765. The van der Waals surface area contributed by atoms with Crippen molar-refractivity contribution in [3.8, 4) is 12.1 Å². The number of benzene rings is 1. The zero-order chi connectivity index (χ0) is 14.0. The smallest absolute Gasteiger partial charge is 0.278 e. The van der Waals surface area contributed by atoms with Crippen LogP contribution in [0.2, 0.25) is 0 Å². The third kappa shape index (κ3) is 2.71. The predicted molar refractivity (Wildman–Crippen MR) is 79.5 cm³/mol. The van der Waals surface area contributed by atoms with Gasteiger partial charge in [0.25, 0.3) is 5.56 Å². The molecule has 1 aromatic carbocycles. The molecule has 0 saturated heterocycles. The van der Waals surface area contributed by atoms with Crippen molar-refractivity contribution in [2.45, 2.75) is 0 Å². The summed E-state index contributed by atoms with van der Waals surface area (Å²) in [6, 6.07) is 7.30. The first kappa shape index (κ1) is 13.8. The lowest BCUT2D eigenvalue weighted by Crippen LogP contribution is -2.02. The van der Waals surface area contributed by atoms with Crippen LogP contribution in [0.3, 0.4) is 0 Å². The molecule has 0 bridgehead atoms. The van der Waals surface area contributed by atoms with Gasteiger partial charge in [-0.1, -0.05) is 0 Å². The summed E-state index contributed by atoms with van der Waals surface area (Å²) in [7, 11) is 0. The van der Waals surface area contributed by atoms with Crippen LogP contribution in [0.4, 0.5) is 10.7 Å². The minimum Gasteiger partial charge on any atom is -0.345 e. The lowest BCUT2D eigenvalue weighted by Gasteiger charge is -2.07. The van der Waals surface area contributed by atoms with E-state index in [2.05, 4.69) is 47.6 Å². The van der Waals surface area contributed by atoms with Crippen LogP contribution in [0, 0.1) is 22.7 Å². The van der Waals surface area contributed by atoms with Gasteiger partial charge in [0.15, 0.2) is 5.56 Å². The Labute approximate surface area is 128 Å². The van der Waals surface area contributed by atoms with E-state index in [9.17, 15) is 4.79 Å². The average Bonchev–Trinajstić information content (AvgIpc) is 2.69. The minimum atomic E-state index is -0.415. The molecular weight excluding hydrogens is 396 g/mol. The maximum Gasteiger partial charge on any atom is 0.278 e. The number of hydrogen-bond donors (Lipinski definition) is 2. The Morgan fingerprint density at radius 3 is 2.26 bits per heavy atom. The number of aromatic amines is 1. The Morgan fingerprint density at radius 2 is 1.74 bits per heavy atom. The molecule has 0 aliphatic rings. The molecule has 0 fully saturated rings. The maximum atomic E-state index is 11.3. The number of H-pyrrole nitrogens is 1. The summed E-state index contributed by atoms with van der Waals surface area (Å²) in [6.07, 6.45) is 0. The van der Waals surface area contributed by atoms with Crippen molar-refractivity contribution in [1.82, 2.24) is 4.37 Å². The number of nitriles is 2. The normalized spacial score (nSPS) is 9.68. The van der Waals surface area contributed by atoms with E-state index in [1.807, 2.05) is 6.07 Å². The third-order valence-electron chi connectivity index (χ3n) is 2.22. The van der Waals surface area contributed by atoms with E-state index in [4.69, 9.17) is 10.5 Å². The van der Waals surface area contributed by atoms with Gasteiger partial charge in [0.05, 0.1) is 5.56 Å². The van der Waals surface area contributed by atoms with Crippen LogP contribution in [-0.2, 0) is 0 Å². The van der Waals surface area contributed by atoms with E-state index >= 15 is 0 Å². The summed E-state index contributed by atoms with van der Waals surface area (Å²) in [5.74, 6) is 0. The van der Waals surface area contributed by atoms with Crippen molar-refractivity contribution in [1.29, 1.82) is 10.5 Å². The fourth-order valence-electron chi connectivity index (χ4n) is 1.38. The van der Waals surface area contributed by atoms with Crippen molar-refractivity contribution in [2.24, 2.45) is 0 Å². The molecule has 1 aromatic heterocycles. The van der Waals surface area contributed by atoms with E-state index in [1.165, 1.54) is 0 Å². The van der Waals surface area contributed by atoms with Crippen molar-refractivity contribution >= 4 is 54.1 Å². The molecule has 5 nitrogen and oxygen atoms in total. The van der Waals surface area contributed by atoms with E-state index in [1.54, 1.807) is 12.1 Å². The second-order valence-electron chi connectivity index (χ2n) is 3.40. The molecule has 19 heavy (non-hydrogen) atoms. The molecule has 2 N–H and O–H groups in total. The highest BCUT2D eigenvalue weighted by molar-refractivity contribution is 9.11. The fourth-order valence-corrected chi connectivity index (χ4v) is 3.45. The number of hydrogen-bond acceptors (Lipinski definition) is 5. The molecule has 0 saturated carbocycles. The Bertz CT molecular complexity index is 758. The fraction of sp³-hybridized carbons (Fsp3) is 0. The van der Waals surface area contributed by atoms with Crippen LogP contribution in [0.1, 0.15) is 11.1 Å². The van der Waals surface area contributed by atoms with Gasteiger partial charge in [-0.05, 0) is 55.5 Å². The number of nitrogens with zero attached hydrogens (tertiary/aromatic N) is 2. The third-order valence-corrected chi connectivity index (χ3v) is 4.27. The van der Waals surface area contributed by atoms with Crippen LogP contribution in [0.25, 0.3) is 0 Å². The number of aromatic nitrogens is 1. The largest absolute Gasteiger partial charge is 0.345 e. The molecule has 0 atom stereocenters. The van der Waals surface area contributed by atoms with Crippen molar-refractivity contribution in [3.63, 3.8) is 0 Å². The molecule has 2 aromatic rings. The van der Waals surface area contributed by atoms with Gasteiger partial charge in [-0.3, -0.25) is 9.17 Å². The van der Waals surface area contributed by atoms with E-state index < -0.39 is 5.56 Å². The molecule has 2 rings (SSSR count). The summed E-state index contributed by atoms with van der Waals surface area (Å²) in [5, 5.41) is 21.3. The van der Waals surface area contributed by atoms with Crippen LogP contribution in [0.15, 0.2) is 25.9 Å². The first-order chi connectivity index (χ1) is 9.06. The monoisotopic (exact) mass is 398 g/mol. The quantitative estimate of drug-likeness (QED) is 0.808. The topological polar surface area (TPSA) is 92.5 Å².